The van der Waals surface area contributed by atoms with Gasteiger partial charge in [0.05, 0.1) is 4.90 Å². The number of amides is 1. The molecule has 1 amide bonds. The predicted octanol–water partition coefficient (Wildman–Crippen LogP) is 1.65. The highest BCUT2D eigenvalue weighted by Crippen LogP contribution is 2.15. The first kappa shape index (κ1) is 19.6. The Morgan fingerprint density at radius 2 is 1.96 bits per heavy atom. The zero-order valence-corrected chi connectivity index (χ0v) is 14.6. The first-order valence-electron chi connectivity index (χ1n) is 7.29. The van der Waals surface area contributed by atoms with Gasteiger partial charge in [-0.2, -0.15) is 0 Å². The molecule has 3 N–H and O–H groups in total. The molecule has 6 nitrogen and oxygen atoms in total. The van der Waals surface area contributed by atoms with Gasteiger partial charge in [-0.15, -0.1) is 12.4 Å². The van der Waals surface area contributed by atoms with E-state index >= 15 is 0 Å². The maximum absolute atomic E-state index is 12.2. The number of rotatable bonds is 6. The number of sulfonamides is 1. The van der Waals surface area contributed by atoms with E-state index in [2.05, 4.69) is 15.4 Å². The van der Waals surface area contributed by atoms with Gasteiger partial charge < -0.3 is 10.6 Å². The summed E-state index contributed by atoms with van der Waals surface area (Å²) in [4.78, 5) is 11.5. The lowest BCUT2D eigenvalue weighted by Gasteiger charge is -2.15. The standard InChI is InChI=1S/C15H21N3O3S.ClH/c1-2-15(19)18-13-3-5-14(6-4-13)22(20,21)17-11-12-7-9-16-10-8-12;/h3-7,16-17H,2,8-11H2,1H3,(H,18,19);1H. The van der Waals surface area contributed by atoms with Crippen LogP contribution in [0.4, 0.5) is 5.69 Å². The number of carbonyl (C=O) groups excluding carboxylic acids is 1. The minimum Gasteiger partial charge on any atom is -0.326 e. The van der Waals surface area contributed by atoms with E-state index in [1.165, 1.54) is 12.1 Å². The highest BCUT2D eigenvalue weighted by Gasteiger charge is 2.15. The molecule has 0 radical (unpaired) electrons. The molecule has 2 rings (SSSR count). The molecular formula is C15H22ClN3O3S. The quantitative estimate of drug-likeness (QED) is 0.674. The molecule has 8 heteroatoms. The first-order chi connectivity index (χ1) is 10.5. The van der Waals surface area contributed by atoms with E-state index < -0.39 is 10.0 Å². The Morgan fingerprint density at radius 3 is 2.52 bits per heavy atom. The molecule has 0 bridgehead atoms. The molecule has 0 saturated carbocycles. The fraction of sp³-hybridized carbons (Fsp3) is 0.400. The molecule has 1 aliphatic rings. The molecule has 0 atom stereocenters. The third-order valence-electron chi connectivity index (χ3n) is 3.42. The van der Waals surface area contributed by atoms with Crippen molar-refractivity contribution in [3.8, 4) is 0 Å². The molecule has 1 aliphatic heterocycles. The van der Waals surface area contributed by atoms with E-state index in [0.717, 1.165) is 25.1 Å². The molecule has 0 aromatic heterocycles. The number of carbonyl (C=O) groups is 1. The smallest absolute Gasteiger partial charge is 0.240 e. The number of anilines is 1. The van der Waals surface area contributed by atoms with Gasteiger partial charge in [0, 0.05) is 25.2 Å². The number of benzene rings is 1. The van der Waals surface area contributed by atoms with Gasteiger partial charge in [0.1, 0.15) is 0 Å². The average Bonchev–Trinajstić information content (AvgIpc) is 2.54. The van der Waals surface area contributed by atoms with E-state index in [0.29, 0.717) is 18.7 Å². The molecular weight excluding hydrogens is 338 g/mol. The number of hydrogen-bond donors (Lipinski definition) is 3. The van der Waals surface area contributed by atoms with Gasteiger partial charge in [-0.1, -0.05) is 18.6 Å². The van der Waals surface area contributed by atoms with Crippen LogP contribution in [0.15, 0.2) is 40.8 Å². The van der Waals surface area contributed by atoms with Gasteiger partial charge in [-0.25, -0.2) is 13.1 Å². The zero-order valence-electron chi connectivity index (χ0n) is 13.0. The van der Waals surface area contributed by atoms with Crippen LogP contribution in [0.1, 0.15) is 19.8 Å². The molecule has 0 fully saturated rings. The number of nitrogens with one attached hydrogen (secondary N) is 3. The summed E-state index contributed by atoms with van der Waals surface area (Å²) in [7, 11) is -3.53. The van der Waals surface area contributed by atoms with Gasteiger partial charge in [-0.05, 0) is 37.2 Å². The summed E-state index contributed by atoms with van der Waals surface area (Å²) in [6.45, 7) is 3.74. The summed E-state index contributed by atoms with van der Waals surface area (Å²) in [6, 6.07) is 6.16. The fourth-order valence-corrected chi connectivity index (χ4v) is 3.10. The second-order valence-corrected chi connectivity index (χ2v) is 6.83. The summed E-state index contributed by atoms with van der Waals surface area (Å²) in [5.74, 6) is -0.105. The lowest BCUT2D eigenvalue weighted by Crippen LogP contribution is -2.29. The van der Waals surface area contributed by atoms with Gasteiger partial charge in [0.25, 0.3) is 0 Å². The second-order valence-electron chi connectivity index (χ2n) is 5.07. The summed E-state index contributed by atoms with van der Waals surface area (Å²) < 4.78 is 27.1. The first-order valence-corrected chi connectivity index (χ1v) is 8.78. The highest BCUT2D eigenvalue weighted by atomic mass is 35.5. The molecule has 1 aromatic carbocycles. The molecule has 0 spiro atoms. The monoisotopic (exact) mass is 359 g/mol. The maximum atomic E-state index is 12.2. The average molecular weight is 360 g/mol. The Morgan fingerprint density at radius 1 is 1.26 bits per heavy atom. The van der Waals surface area contributed by atoms with Crippen LogP contribution in [0, 0.1) is 0 Å². The van der Waals surface area contributed by atoms with E-state index in [9.17, 15) is 13.2 Å². The molecule has 23 heavy (non-hydrogen) atoms. The van der Waals surface area contributed by atoms with Crippen molar-refractivity contribution in [1.29, 1.82) is 0 Å². The Bertz CT molecular complexity index is 657. The fourth-order valence-electron chi connectivity index (χ4n) is 2.07. The Labute approximate surface area is 143 Å². The molecule has 0 saturated heterocycles. The van der Waals surface area contributed by atoms with Crippen molar-refractivity contribution in [2.75, 3.05) is 25.0 Å². The lowest BCUT2D eigenvalue weighted by atomic mass is 10.1. The predicted molar refractivity (Wildman–Crippen MR) is 93.4 cm³/mol. The van der Waals surface area contributed by atoms with Crippen molar-refractivity contribution in [1.82, 2.24) is 10.0 Å². The number of halogens is 1. The van der Waals surface area contributed by atoms with Crippen LogP contribution in [0.25, 0.3) is 0 Å². The molecule has 128 valence electrons. The maximum Gasteiger partial charge on any atom is 0.240 e. The van der Waals surface area contributed by atoms with Crippen LogP contribution in [0.2, 0.25) is 0 Å². The molecule has 1 heterocycles. The van der Waals surface area contributed by atoms with E-state index in [1.807, 2.05) is 6.08 Å². The Hall–Kier alpha value is -1.41. The summed E-state index contributed by atoms with van der Waals surface area (Å²) in [6.07, 6.45) is 3.24. The van der Waals surface area contributed by atoms with Gasteiger partial charge in [-0.3, -0.25) is 4.79 Å². The van der Waals surface area contributed by atoms with Crippen LogP contribution >= 0.6 is 12.4 Å². The summed E-state index contributed by atoms with van der Waals surface area (Å²) in [5.41, 5.74) is 1.68. The van der Waals surface area contributed by atoms with Gasteiger partial charge in [0.15, 0.2) is 0 Å². The summed E-state index contributed by atoms with van der Waals surface area (Å²) in [5, 5.41) is 5.87. The highest BCUT2D eigenvalue weighted by molar-refractivity contribution is 7.89. The number of hydrogen-bond acceptors (Lipinski definition) is 4. The third-order valence-corrected chi connectivity index (χ3v) is 4.83. The lowest BCUT2D eigenvalue weighted by molar-refractivity contribution is -0.115. The van der Waals surface area contributed by atoms with Crippen molar-refractivity contribution >= 4 is 34.0 Å². The minimum absolute atomic E-state index is 0. The van der Waals surface area contributed by atoms with E-state index in [-0.39, 0.29) is 23.2 Å². The van der Waals surface area contributed by atoms with Crippen molar-refractivity contribution in [2.24, 2.45) is 0 Å². The topological polar surface area (TPSA) is 87.3 Å². The normalized spacial score (nSPS) is 14.6. The van der Waals surface area contributed by atoms with Gasteiger partial charge >= 0.3 is 0 Å². The van der Waals surface area contributed by atoms with Crippen molar-refractivity contribution in [3.63, 3.8) is 0 Å². The van der Waals surface area contributed by atoms with Crippen LogP contribution in [-0.2, 0) is 14.8 Å². The van der Waals surface area contributed by atoms with Crippen LogP contribution in [-0.4, -0.2) is 34.0 Å². The zero-order chi connectivity index (χ0) is 16.0. The van der Waals surface area contributed by atoms with E-state index in [4.69, 9.17) is 0 Å². The SMILES string of the molecule is CCC(=O)Nc1ccc(S(=O)(=O)NCC2=CCNCC2)cc1.Cl. The Kier molecular flexibility index (Phi) is 7.70. The van der Waals surface area contributed by atoms with Gasteiger partial charge in [0.2, 0.25) is 15.9 Å². The van der Waals surface area contributed by atoms with Crippen molar-refractivity contribution in [3.05, 3.63) is 35.9 Å². The van der Waals surface area contributed by atoms with Crippen LogP contribution < -0.4 is 15.4 Å². The minimum atomic E-state index is -3.53. The summed E-state index contributed by atoms with van der Waals surface area (Å²) >= 11 is 0. The van der Waals surface area contributed by atoms with E-state index in [1.54, 1.807) is 19.1 Å². The van der Waals surface area contributed by atoms with Crippen molar-refractivity contribution < 1.29 is 13.2 Å². The van der Waals surface area contributed by atoms with Crippen molar-refractivity contribution in [2.45, 2.75) is 24.7 Å². The molecule has 1 aromatic rings. The van der Waals surface area contributed by atoms with Crippen LogP contribution in [0.5, 0.6) is 0 Å². The Balaban J connectivity index is 0.00000264. The van der Waals surface area contributed by atoms with Crippen LogP contribution in [0.3, 0.4) is 0 Å². The molecule has 0 unspecified atom stereocenters. The third kappa shape index (κ3) is 5.95. The largest absolute Gasteiger partial charge is 0.326 e. The second kappa shape index (κ2) is 9.02. The molecule has 0 aliphatic carbocycles.